The Hall–Kier alpha value is -1.66. The van der Waals surface area contributed by atoms with Crippen LogP contribution in [0, 0.1) is 11.3 Å². The predicted octanol–water partition coefficient (Wildman–Crippen LogP) is 3.24. The van der Waals surface area contributed by atoms with Crippen LogP contribution in [0.25, 0.3) is 0 Å². The zero-order chi connectivity index (χ0) is 18.9. The van der Waals surface area contributed by atoms with Gasteiger partial charge in [0.1, 0.15) is 0 Å². The van der Waals surface area contributed by atoms with Gasteiger partial charge in [0.2, 0.25) is 0 Å². The number of rotatable bonds is 8. The van der Waals surface area contributed by atoms with Gasteiger partial charge in [-0.2, -0.15) is 0 Å². The fraction of sp³-hybridized carbons (Fsp3) is 0.647. The summed E-state index contributed by atoms with van der Waals surface area (Å²) < 4.78 is 10.3. The van der Waals surface area contributed by atoms with Gasteiger partial charge in [0.15, 0.2) is 0 Å². The van der Waals surface area contributed by atoms with Gasteiger partial charge >= 0.3 is 11.9 Å². The van der Waals surface area contributed by atoms with E-state index in [1.807, 2.05) is 0 Å². The van der Waals surface area contributed by atoms with E-state index in [0.717, 1.165) is 25.2 Å². The summed E-state index contributed by atoms with van der Waals surface area (Å²) in [6, 6.07) is 0. The van der Waals surface area contributed by atoms with Crippen molar-refractivity contribution in [3.63, 3.8) is 0 Å². The highest BCUT2D eigenvalue weighted by Gasteiger charge is 2.19. The highest BCUT2D eigenvalue weighted by atomic mass is 16.5. The highest BCUT2D eigenvalue weighted by Crippen LogP contribution is 2.27. The quantitative estimate of drug-likeness (QED) is 0.523. The molecule has 0 heterocycles. The molecule has 0 aromatic heterocycles. The van der Waals surface area contributed by atoms with Crippen LogP contribution in [0.1, 0.15) is 34.1 Å². The van der Waals surface area contributed by atoms with E-state index in [0.29, 0.717) is 24.5 Å². The first-order valence-corrected chi connectivity index (χ1v) is 7.30. The van der Waals surface area contributed by atoms with Crippen molar-refractivity contribution in [3.8, 4) is 0 Å². The number of aliphatic carboxylic acids is 2. The molecule has 2 N–H and O–H groups in total. The lowest BCUT2D eigenvalue weighted by molar-refractivity contribution is -0.132. The van der Waals surface area contributed by atoms with Crippen molar-refractivity contribution in [1.29, 1.82) is 0 Å². The van der Waals surface area contributed by atoms with E-state index < -0.39 is 11.9 Å². The number of ether oxygens (including phenoxy) is 2. The Morgan fingerprint density at radius 1 is 1.04 bits per heavy atom. The molecule has 0 aromatic rings. The third-order valence-corrected chi connectivity index (χ3v) is 2.95. The number of hydrogen-bond acceptors (Lipinski definition) is 4. The SMILES string of the molecule is C=CC(=O)O.C=CC(=O)O.COCCOCCC(C)C(C)(C)C. The van der Waals surface area contributed by atoms with Crippen molar-refractivity contribution < 1.29 is 29.3 Å². The summed E-state index contributed by atoms with van der Waals surface area (Å²) in [5.74, 6) is -1.26. The maximum Gasteiger partial charge on any atom is 0.327 e. The van der Waals surface area contributed by atoms with Crippen molar-refractivity contribution in [1.82, 2.24) is 0 Å². The zero-order valence-electron chi connectivity index (χ0n) is 15.0. The molecule has 0 spiro atoms. The highest BCUT2D eigenvalue weighted by molar-refractivity contribution is 5.79. The van der Waals surface area contributed by atoms with Crippen LogP contribution >= 0.6 is 0 Å². The van der Waals surface area contributed by atoms with Crippen LogP contribution < -0.4 is 0 Å². The van der Waals surface area contributed by atoms with Gasteiger partial charge < -0.3 is 19.7 Å². The first-order chi connectivity index (χ1) is 10.5. The lowest BCUT2D eigenvalue weighted by Gasteiger charge is -2.26. The largest absolute Gasteiger partial charge is 0.478 e. The van der Waals surface area contributed by atoms with Crippen LogP contribution in [0.15, 0.2) is 25.3 Å². The fourth-order valence-corrected chi connectivity index (χ4v) is 0.937. The Morgan fingerprint density at radius 2 is 1.43 bits per heavy atom. The molecule has 0 aliphatic heterocycles. The number of carboxylic acid groups (broad SMARTS) is 2. The average Bonchev–Trinajstić information content (AvgIpc) is 2.47. The molecule has 0 fully saturated rings. The second-order valence-corrected chi connectivity index (χ2v) is 5.75. The minimum Gasteiger partial charge on any atom is -0.478 e. The molecule has 0 radical (unpaired) electrons. The second-order valence-electron chi connectivity index (χ2n) is 5.75. The van der Waals surface area contributed by atoms with Gasteiger partial charge in [-0.1, -0.05) is 40.9 Å². The van der Waals surface area contributed by atoms with Crippen LogP contribution in [-0.2, 0) is 19.1 Å². The summed E-state index contributed by atoms with van der Waals surface area (Å²) in [6.45, 7) is 17.3. The Labute approximate surface area is 139 Å². The summed E-state index contributed by atoms with van der Waals surface area (Å²) in [7, 11) is 1.70. The van der Waals surface area contributed by atoms with Crippen LogP contribution in [0.5, 0.6) is 0 Å². The first-order valence-electron chi connectivity index (χ1n) is 7.30. The summed E-state index contributed by atoms with van der Waals surface area (Å²) in [4.78, 5) is 18.5. The molecule has 0 saturated carbocycles. The summed E-state index contributed by atoms with van der Waals surface area (Å²) >= 11 is 0. The predicted molar refractivity (Wildman–Crippen MR) is 91.6 cm³/mol. The van der Waals surface area contributed by atoms with Gasteiger partial charge in [0.05, 0.1) is 13.2 Å². The molecule has 0 bridgehead atoms. The number of carbonyl (C=O) groups is 2. The van der Waals surface area contributed by atoms with E-state index in [4.69, 9.17) is 19.7 Å². The lowest BCUT2D eigenvalue weighted by atomic mass is 9.80. The molecule has 0 saturated heterocycles. The topological polar surface area (TPSA) is 93.1 Å². The van der Waals surface area contributed by atoms with E-state index in [1.165, 1.54) is 0 Å². The van der Waals surface area contributed by atoms with Crippen molar-refractivity contribution in [2.75, 3.05) is 26.9 Å². The molecule has 0 aliphatic carbocycles. The van der Waals surface area contributed by atoms with Crippen molar-refractivity contribution in [2.24, 2.45) is 11.3 Å². The minimum atomic E-state index is -0.981. The zero-order valence-corrected chi connectivity index (χ0v) is 15.0. The Balaban J connectivity index is -0.000000329. The standard InChI is InChI=1S/C11H24O2.2C3H4O2/c1-10(11(2,3)4)6-7-13-9-8-12-5;2*1-2-3(4)5/h10H,6-9H2,1-5H3;2*2H,1H2,(H,4,5). The Kier molecular flexibility index (Phi) is 19.1. The van der Waals surface area contributed by atoms with Gasteiger partial charge in [-0.3, -0.25) is 0 Å². The number of hydrogen-bond donors (Lipinski definition) is 2. The van der Waals surface area contributed by atoms with E-state index >= 15 is 0 Å². The third-order valence-electron chi connectivity index (χ3n) is 2.95. The van der Waals surface area contributed by atoms with Crippen LogP contribution in [0.3, 0.4) is 0 Å². The molecule has 136 valence electrons. The normalized spacial score (nSPS) is 11.0. The van der Waals surface area contributed by atoms with Gasteiger partial charge in [-0.05, 0) is 17.8 Å². The minimum absolute atomic E-state index is 0.393. The molecule has 0 aromatic carbocycles. The molecule has 6 nitrogen and oxygen atoms in total. The smallest absolute Gasteiger partial charge is 0.327 e. The maximum absolute atomic E-state index is 9.25. The molecular weight excluding hydrogens is 300 g/mol. The van der Waals surface area contributed by atoms with E-state index in [1.54, 1.807) is 7.11 Å². The molecule has 0 amide bonds. The molecule has 6 heteroatoms. The molecule has 0 rings (SSSR count). The number of carboxylic acids is 2. The molecule has 0 aliphatic rings. The molecular formula is C17H32O6. The Morgan fingerprint density at radius 3 is 1.70 bits per heavy atom. The molecule has 23 heavy (non-hydrogen) atoms. The average molecular weight is 332 g/mol. The number of methoxy groups -OCH3 is 1. The van der Waals surface area contributed by atoms with Crippen LogP contribution in [-0.4, -0.2) is 49.1 Å². The van der Waals surface area contributed by atoms with E-state index in [9.17, 15) is 9.59 Å². The summed E-state index contributed by atoms with van der Waals surface area (Å²) in [5, 5.41) is 15.2. The monoisotopic (exact) mass is 332 g/mol. The van der Waals surface area contributed by atoms with E-state index in [-0.39, 0.29) is 0 Å². The maximum atomic E-state index is 9.25. The summed E-state index contributed by atoms with van der Waals surface area (Å²) in [5.41, 5.74) is 0.393. The van der Waals surface area contributed by atoms with Crippen LogP contribution in [0.2, 0.25) is 0 Å². The fourth-order valence-electron chi connectivity index (χ4n) is 0.937. The van der Waals surface area contributed by atoms with Crippen molar-refractivity contribution in [3.05, 3.63) is 25.3 Å². The van der Waals surface area contributed by atoms with Gasteiger partial charge in [0, 0.05) is 25.9 Å². The van der Waals surface area contributed by atoms with Gasteiger partial charge in [-0.15, -0.1) is 0 Å². The van der Waals surface area contributed by atoms with Crippen LogP contribution in [0.4, 0.5) is 0 Å². The Bertz CT molecular complexity index is 312. The van der Waals surface area contributed by atoms with Gasteiger partial charge in [0.25, 0.3) is 0 Å². The van der Waals surface area contributed by atoms with Crippen molar-refractivity contribution >= 4 is 11.9 Å². The lowest BCUT2D eigenvalue weighted by Crippen LogP contribution is -2.19. The summed E-state index contributed by atoms with van der Waals surface area (Å²) in [6.07, 6.45) is 2.80. The molecule has 1 atom stereocenters. The second kappa shape index (κ2) is 16.7. The molecule has 1 unspecified atom stereocenters. The van der Waals surface area contributed by atoms with E-state index in [2.05, 4.69) is 40.9 Å². The third kappa shape index (κ3) is 29.1. The first kappa shape index (κ1) is 26.2. The van der Waals surface area contributed by atoms with Crippen molar-refractivity contribution in [2.45, 2.75) is 34.1 Å². The van der Waals surface area contributed by atoms with Gasteiger partial charge in [-0.25, -0.2) is 9.59 Å².